The summed E-state index contributed by atoms with van der Waals surface area (Å²) in [7, 11) is 0. The van der Waals surface area contributed by atoms with Gasteiger partial charge in [0.1, 0.15) is 6.61 Å². The van der Waals surface area contributed by atoms with Gasteiger partial charge in [-0.25, -0.2) is 4.79 Å². The average molecular weight is 479 g/mol. The predicted octanol–water partition coefficient (Wildman–Crippen LogP) is 4.70. The van der Waals surface area contributed by atoms with Crippen LogP contribution in [0.4, 0.5) is 4.79 Å². The number of carboxylic acid groups (broad SMARTS) is 1. The minimum atomic E-state index is -0.835. The van der Waals surface area contributed by atoms with E-state index in [4.69, 9.17) is 9.84 Å². The summed E-state index contributed by atoms with van der Waals surface area (Å²) in [4.78, 5) is 36.6. The van der Waals surface area contributed by atoms with Crippen LogP contribution < -0.4 is 10.6 Å². The smallest absolute Gasteiger partial charge is 0.407 e. The van der Waals surface area contributed by atoms with Gasteiger partial charge in [-0.15, -0.1) is 0 Å². The highest BCUT2D eigenvalue weighted by Gasteiger charge is 2.46. The van der Waals surface area contributed by atoms with E-state index in [2.05, 4.69) is 34.9 Å². The van der Waals surface area contributed by atoms with Crippen molar-refractivity contribution in [1.82, 2.24) is 10.6 Å². The lowest BCUT2D eigenvalue weighted by Crippen LogP contribution is -2.51. The van der Waals surface area contributed by atoms with Gasteiger partial charge in [-0.2, -0.15) is 0 Å². The molecule has 1 saturated carbocycles. The molecule has 4 rings (SSSR count). The highest BCUT2D eigenvalue weighted by atomic mass is 16.5. The van der Waals surface area contributed by atoms with Gasteiger partial charge in [-0.3, -0.25) is 9.59 Å². The Bertz CT molecular complexity index is 1050. The minimum Gasteiger partial charge on any atom is -0.481 e. The van der Waals surface area contributed by atoms with Crippen molar-refractivity contribution in [3.8, 4) is 11.1 Å². The van der Waals surface area contributed by atoms with Gasteiger partial charge >= 0.3 is 12.1 Å². The molecule has 0 heterocycles. The molecule has 186 valence electrons. The molecule has 2 aliphatic rings. The number of ether oxygens (including phenoxy) is 1. The fraction of sp³-hybridized carbons (Fsp3) is 0.464. The molecule has 2 aromatic rings. The van der Waals surface area contributed by atoms with Crippen molar-refractivity contribution in [2.45, 2.75) is 57.9 Å². The van der Waals surface area contributed by atoms with Crippen LogP contribution in [0.2, 0.25) is 0 Å². The second-order valence-electron chi connectivity index (χ2n) is 10.1. The molecule has 35 heavy (non-hydrogen) atoms. The lowest BCUT2D eigenvalue weighted by molar-refractivity contribution is -0.137. The lowest BCUT2D eigenvalue weighted by Gasteiger charge is -2.31. The van der Waals surface area contributed by atoms with Gasteiger partial charge in [0.05, 0.1) is 5.41 Å². The van der Waals surface area contributed by atoms with Crippen LogP contribution in [0.25, 0.3) is 11.1 Å². The normalized spacial score (nSPS) is 21.6. The number of alkyl carbamates (subject to hydrolysis) is 1. The van der Waals surface area contributed by atoms with E-state index < -0.39 is 17.5 Å². The van der Waals surface area contributed by atoms with Crippen molar-refractivity contribution in [1.29, 1.82) is 0 Å². The summed E-state index contributed by atoms with van der Waals surface area (Å²) in [5.74, 6) is -0.897. The van der Waals surface area contributed by atoms with E-state index >= 15 is 0 Å². The SMILES string of the molecule is CC(CCC(=O)O)CNC(=O)C1(C)CCCC1NC(=O)OCC1c2ccccc2-c2ccccc21. The third kappa shape index (κ3) is 5.34. The fourth-order valence-electron chi connectivity index (χ4n) is 5.39. The van der Waals surface area contributed by atoms with E-state index in [1.807, 2.05) is 38.1 Å². The summed E-state index contributed by atoms with van der Waals surface area (Å²) in [6.07, 6.45) is 2.31. The molecule has 0 saturated heterocycles. The molecule has 3 atom stereocenters. The number of rotatable bonds is 9. The van der Waals surface area contributed by atoms with Crippen LogP contribution in [0.15, 0.2) is 48.5 Å². The first-order valence-corrected chi connectivity index (χ1v) is 12.4. The Morgan fingerprint density at radius 1 is 1.09 bits per heavy atom. The van der Waals surface area contributed by atoms with Crippen molar-refractivity contribution in [3.63, 3.8) is 0 Å². The number of hydrogen-bond donors (Lipinski definition) is 3. The second-order valence-corrected chi connectivity index (χ2v) is 10.1. The summed E-state index contributed by atoms with van der Waals surface area (Å²) < 4.78 is 5.69. The number of amides is 2. The van der Waals surface area contributed by atoms with Crippen molar-refractivity contribution >= 4 is 18.0 Å². The van der Waals surface area contributed by atoms with Crippen molar-refractivity contribution in [3.05, 3.63) is 59.7 Å². The number of carbonyl (C=O) groups is 3. The molecule has 0 bridgehead atoms. The number of fused-ring (bicyclic) bond motifs is 3. The third-order valence-corrected chi connectivity index (χ3v) is 7.57. The third-order valence-electron chi connectivity index (χ3n) is 7.57. The Labute approximate surface area is 206 Å². The quantitative estimate of drug-likeness (QED) is 0.485. The van der Waals surface area contributed by atoms with Crippen LogP contribution in [0.3, 0.4) is 0 Å². The maximum absolute atomic E-state index is 13.0. The van der Waals surface area contributed by atoms with Crippen molar-refractivity contribution in [2.75, 3.05) is 13.2 Å². The van der Waals surface area contributed by atoms with Crippen molar-refractivity contribution < 1.29 is 24.2 Å². The first-order valence-electron chi connectivity index (χ1n) is 12.4. The molecule has 0 spiro atoms. The van der Waals surface area contributed by atoms with Gasteiger partial charge in [-0.05, 0) is 54.4 Å². The van der Waals surface area contributed by atoms with Gasteiger partial charge in [0.15, 0.2) is 0 Å². The van der Waals surface area contributed by atoms with E-state index in [1.165, 1.54) is 11.1 Å². The van der Waals surface area contributed by atoms with E-state index in [1.54, 1.807) is 0 Å². The fourth-order valence-corrected chi connectivity index (χ4v) is 5.39. The summed E-state index contributed by atoms with van der Waals surface area (Å²) in [6, 6.07) is 16.1. The van der Waals surface area contributed by atoms with E-state index in [-0.39, 0.29) is 36.8 Å². The van der Waals surface area contributed by atoms with Crippen molar-refractivity contribution in [2.24, 2.45) is 11.3 Å². The van der Waals surface area contributed by atoms with E-state index in [9.17, 15) is 14.4 Å². The number of hydrogen-bond acceptors (Lipinski definition) is 4. The monoisotopic (exact) mass is 478 g/mol. The molecule has 3 N–H and O–H groups in total. The highest BCUT2D eigenvalue weighted by Crippen LogP contribution is 2.44. The molecule has 7 nitrogen and oxygen atoms in total. The Balaban J connectivity index is 1.33. The first-order chi connectivity index (χ1) is 16.8. The Morgan fingerprint density at radius 3 is 2.34 bits per heavy atom. The molecule has 3 unspecified atom stereocenters. The standard InChI is InChI=1S/C28H34N2O5/c1-18(13-14-25(31)32)16-29-26(33)28(2)15-7-12-24(28)30-27(34)35-17-23-21-10-5-3-8-19(21)20-9-4-6-11-22(20)23/h3-6,8-11,18,23-24H,7,12-17H2,1-2H3,(H,29,33)(H,30,34)(H,31,32). The topological polar surface area (TPSA) is 105 Å². The van der Waals surface area contributed by atoms with Gasteiger partial charge in [-0.1, -0.05) is 61.9 Å². The molecule has 2 aromatic carbocycles. The zero-order chi connectivity index (χ0) is 25.0. The van der Waals surface area contributed by atoms with E-state index in [0.717, 1.165) is 17.5 Å². The van der Waals surface area contributed by atoms with Gasteiger partial charge in [0, 0.05) is 24.9 Å². The Hall–Kier alpha value is -3.35. The minimum absolute atomic E-state index is 0.0151. The van der Waals surface area contributed by atoms with Crippen LogP contribution in [0.5, 0.6) is 0 Å². The number of benzene rings is 2. The predicted molar refractivity (Wildman–Crippen MR) is 133 cm³/mol. The second kappa shape index (κ2) is 10.5. The van der Waals surface area contributed by atoms with E-state index in [0.29, 0.717) is 25.8 Å². The molecule has 7 heteroatoms. The Morgan fingerprint density at radius 2 is 1.71 bits per heavy atom. The molecular weight excluding hydrogens is 444 g/mol. The van der Waals surface area contributed by atoms with Crippen LogP contribution in [0.1, 0.15) is 63.0 Å². The van der Waals surface area contributed by atoms with Crippen LogP contribution in [-0.4, -0.2) is 42.3 Å². The summed E-state index contributed by atoms with van der Waals surface area (Å²) in [5.41, 5.74) is 3.94. The van der Waals surface area contributed by atoms with Crippen LogP contribution in [-0.2, 0) is 14.3 Å². The molecule has 0 aromatic heterocycles. The summed E-state index contributed by atoms with van der Waals surface area (Å²) in [5, 5.41) is 14.8. The Kier molecular flexibility index (Phi) is 7.43. The molecule has 2 amide bonds. The van der Waals surface area contributed by atoms with Crippen LogP contribution >= 0.6 is 0 Å². The number of aliphatic carboxylic acids is 1. The van der Waals surface area contributed by atoms with Gasteiger partial charge in [0.2, 0.25) is 5.91 Å². The number of carboxylic acids is 1. The maximum atomic E-state index is 13.0. The maximum Gasteiger partial charge on any atom is 0.407 e. The molecular formula is C28H34N2O5. The molecule has 0 radical (unpaired) electrons. The average Bonchev–Trinajstić information content (AvgIpc) is 3.38. The summed E-state index contributed by atoms with van der Waals surface area (Å²) >= 11 is 0. The summed E-state index contributed by atoms with van der Waals surface area (Å²) in [6.45, 7) is 4.45. The van der Waals surface area contributed by atoms with Gasteiger partial charge in [0.25, 0.3) is 0 Å². The first kappa shape index (κ1) is 24.8. The molecule has 0 aliphatic heterocycles. The molecule has 1 fully saturated rings. The molecule has 2 aliphatic carbocycles. The number of nitrogens with one attached hydrogen (secondary N) is 2. The zero-order valence-electron chi connectivity index (χ0n) is 20.4. The lowest BCUT2D eigenvalue weighted by atomic mass is 9.83. The highest BCUT2D eigenvalue weighted by molar-refractivity contribution is 5.84. The number of carbonyl (C=O) groups excluding carboxylic acids is 2. The van der Waals surface area contributed by atoms with Gasteiger partial charge < -0.3 is 20.5 Å². The van der Waals surface area contributed by atoms with Crippen LogP contribution in [0, 0.1) is 11.3 Å². The zero-order valence-corrected chi connectivity index (χ0v) is 20.4. The largest absolute Gasteiger partial charge is 0.481 e.